The van der Waals surface area contributed by atoms with Crippen molar-refractivity contribution in [3.8, 4) is 0 Å². The lowest BCUT2D eigenvalue weighted by molar-refractivity contribution is -0.140. The number of rotatable bonds is 4. The SMILES string of the molecule is CN(C)CC(=O)N(C)CC(=O)N1CCNCC1. The molecule has 0 aromatic carbocycles. The monoisotopic (exact) mass is 242 g/mol. The van der Waals surface area contributed by atoms with Crippen LogP contribution in [0.15, 0.2) is 0 Å². The van der Waals surface area contributed by atoms with Crippen molar-refractivity contribution < 1.29 is 9.59 Å². The third kappa shape index (κ3) is 4.70. The van der Waals surface area contributed by atoms with E-state index in [1.165, 1.54) is 4.90 Å². The molecule has 0 radical (unpaired) electrons. The molecule has 6 nitrogen and oxygen atoms in total. The van der Waals surface area contributed by atoms with E-state index in [1.54, 1.807) is 16.8 Å². The van der Waals surface area contributed by atoms with Crippen LogP contribution in [0.25, 0.3) is 0 Å². The molecule has 6 heteroatoms. The number of amides is 2. The third-order valence-electron chi connectivity index (χ3n) is 2.72. The molecule has 1 fully saturated rings. The Labute approximate surface area is 103 Å². The summed E-state index contributed by atoms with van der Waals surface area (Å²) in [6, 6.07) is 0. The number of nitrogens with one attached hydrogen (secondary N) is 1. The average molecular weight is 242 g/mol. The number of hydrogen-bond acceptors (Lipinski definition) is 4. The second-order valence-corrected chi connectivity index (χ2v) is 4.62. The molecular weight excluding hydrogens is 220 g/mol. The first-order chi connectivity index (χ1) is 8.00. The van der Waals surface area contributed by atoms with Crippen LogP contribution in [-0.4, -0.2) is 86.9 Å². The number of carbonyl (C=O) groups excluding carboxylic acids is 2. The van der Waals surface area contributed by atoms with Crippen LogP contribution in [0.4, 0.5) is 0 Å². The van der Waals surface area contributed by atoms with Gasteiger partial charge in [0.25, 0.3) is 0 Å². The summed E-state index contributed by atoms with van der Waals surface area (Å²) < 4.78 is 0. The molecular formula is C11H22N4O2. The van der Waals surface area contributed by atoms with Crippen LogP contribution in [0.2, 0.25) is 0 Å². The fraction of sp³-hybridized carbons (Fsp3) is 0.818. The maximum Gasteiger partial charge on any atom is 0.242 e. The van der Waals surface area contributed by atoms with E-state index in [0.29, 0.717) is 6.54 Å². The Morgan fingerprint density at radius 1 is 1.12 bits per heavy atom. The maximum absolute atomic E-state index is 11.9. The van der Waals surface area contributed by atoms with E-state index in [4.69, 9.17) is 0 Å². The minimum atomic E-state index is -0.0292. The molecule has 1 rings (SSSR count). The molecule has 1 saturated heterocycles. The van der Waals surface area contributed by atoms with Gasteiger partial charge in [-0.05, 0) is 14.1 Å². The molecule has 17 heavy (non-hydrogen) atoms. The van der Waals surface area contributed by atoms with E-state index in [0.717, 1.165) is 26.2 Å². The van der Waals surface area contributed by atoms with E-state index in [2.05, 4.69) is 5.32 Å². The molecule has 0 bridgehead atoms. The van der Waals surface area contributed by atoms with Crippen molar-refractivity contribution in [1.29, 1.82) is 0 Å². The molecule has 0 atom stereocenters. The van der Waals surface area contributed by atoms with E-state index >= 15 is 0 Å². The fourth-order valence-corrected chi connectivity index (χ4v) is 1.70. The second kappa shape index (κ2) is 6.56. The highest BCUT2D eigenvalue weighted by Gasteiger charge is 2.19. The van der Waals surface area contributed by atoms with E-state index in [9.17, 15) is 9.59 Å². The van der Waals surface area contributed by atoms with Crippen molar-refractivity contribution in [3.05, 3.63) is 0 Å². The largest absolute Gasteiger partial charge is 0.339 e. The quantitative estimate of drug-likeness (QED) is 0.648. The summed E-state index contributed by atoms with van der Waals surface area (Å²) in [4.78, 5) is 28.7. The molecule has 0 aromatic rings. The Bertz CT molecular complexity index is 275. The van der Waals surface area contributed by atoms with Crippen LogP contribution in [-0.2, 0) is 9.59 Å². The van der Waals surface area contributed by atoms with E-state index in [-0.39, 0.29) is 18.4 Å². The molecule has 1 heterocycles. The van der Waals surface area contributed by atoms with Crippen molar-refractivity contribution in [1.82, 2.24) is 20.0 Å². The van der Waals surface area contributed by atoms with Crippen LogP contribution in [0.3, 0.4) is 0 Å². The minimum absolute atomic E-state index is 0.0288. The molecule has 98 valence electrons. The molecule has 0 spiro atoms. The molecule has 0 aromatic heterocycles. The van der Waals surface area contributed by atoms with Crippen LogP contribution in [0, 0.1) is 0 Å². The number of carbonyl (C=O) groups is 2. The Balaban J connectivity index is 2.36. The lowest BCUT2D eigenvalue weighted by Crippen LogP contribution is -2.50. The standard InChI is InChI=1S/C11H22N4O2/c1-13(2)8-10(16)14(3)9-11(17)15-6-4-12-5-7-15/h12H,4-9H2,1-3H3. The predicted molar refractivity (Wildman–Crippen MR) is 65.6 cm³/mol. The summed E-state index contributed by atoms with van der Waals surface area (Å²) in [6.07, 6.45) is 0. The Morgan fingerprint density at radius 3 is 2.24 bits per heavy atom. The second-order valence-electron chi connectivity index (χ2n) is 4.62. The van der Waals surface area contributed by atoms with Gasteiger partial charge in [0.2, 0.25) is 11.8 Å². The Morgan fingerprint density at radius 2 is 1.71 bits per heavy atom. The number of piperazine rings is 1. The highest BCUT2D eigenvalue weighted by molar-refractivity contribution is 5.85. The lowest BCUT2D eigenvalue weighted by Gasteiger charge is -2.29. The maximum atomic E-state index is 11.9. The molecule has 0 saturated carbocycles. The van der Waals surface area contributed by atoms with E-state index in [1.807, 2.05) is 14.1 Å². The van der Waals surface area contributed by atoms with Crippen molar-refractivity contribution in [2.45, 2.75) is 0 Å². The first-order valence-corrected chi connectivity index (χ1v) is 5.88. The fourth-order valence-electron chi connectivity index (χ4n) is 1.70. The van der Waals surface area contributed by atoms with Gasteiger partial charge in [0.15, 0.2) is 0 Å². The summed E-state index contributed by atoms with van der Waals surface area (Å²) in [5, 5.41) is 3.19. The highest BCUT2D eigenvalue weighted by Crippen LogP contribution is 1.96. The van der Waals surface area contributed by atoms with Crippen LogP contribution >= 0.6 is 0 Å². The van der Waals surface area contributed by atoms with Crippen molar-refractivity contribution >= 4 is 11.8 Å². The highest BCUT2D eigenvalue weighted by atomic mass is 16.2. The van der Waals surface area contributed by atoms with Gasteiger partial charge < -0.3 is 20.0 Å². The summed E-state index contributed by atoms with van der Waals surface area (Å²) >= 11 is 0. The normalized spacial score (nSPS) is 16.1. The van der Waals surface area contributed by atoms with Gasteiger partial charge >= 0.3 is 0 Å². The summed E-state index contributed by atoms with van der Waals surface area (Å²) in [5.41, 5.74) is 0. The van der Waals surface area contributed by atoms with Gasteiger partial charge in [0, 0.05) is 33.2 Å². The van der Waals surface area contributed by atoms with Gasteiger partial charge in [0.1, 0.15) is 0 Å². The molecule has 0 aliphatic carbocycles. The average Bonchev–Trinajstić information content (AvgIpc) is 2.29. The Kier molecular flexibility index (Phi) is 5.37. The zero-order chi connectivity index (χ0) is 12.8. The number of likely N-dealkylation sites (N-methyl/N-ethyl adjacent to an activating group) is 2. The van der Waals surface area contributed by atoms with Gasteiger partial charge in [-0.25, -0.2) is 0 Å². The van der Waals surface area contributed by atoms with Crippen molar-refractivity contribution in [2.24, 2.45) is 0 Å². The van der Waals surface area contributed by atoms with Crippen molar-refractivity contribution in [3.63, 3.8) is 0 Å². The van der Waals surface area contributed by atoms with Crippen molar-refractivity contribution in [2.75, 3.05) is 60.4 Å². The minimum Gasteiger partial charge on any atom is -0.339 e. The molecule has 1 aliphatic heterocycles. The van der Waals surface area contributed by atoms with Gasteiger partial charge in [0.05, 0.1) is 13.1 Å². The van der Waals surface area contributed by atoms with Crippen LogP contribution in [0.5, 0.6) is 0 Å². The summed E-state index contributed by atoms with van der Waals surface area (Å²) in [7, 11) is 5.35. The van der Waals surface area contributed by atoms with Gasteiger partial charge in [-0.15, -0.1) is 0 Å². The summed E-state index contributed by atoms with van der Waals surface area (Å²) in [5.74, 6) is -0.000379. The zero-order valence-corrected chi connectivity index (χ0v) is 10.9. The Hall–Kier alpha value is -1.14. The molecule has 2 amide bonds. The summed E-state index contributed by atoms with van der Waals surface area (Å²) in [6.45, 7) is 3.64. The first kappa shape index (κ1) is 13.9. The number of hydrogen-bond donors (Lipinski definition) is 1. The van der Waals surface area contributed by atoms with Crippen LogP contribution in [0.1, 0.15) is 0 Å². The van der Waals surface area contributed by atoms with Gasteiger partial charge in [-0.1, -0.05) is 0 Å². The molecule has 1 N–H and O–H groups in total. The first-order valence-electron chi connectivity index (χ1n) is 5.88. The van der Waals surface area contributed by atoms with Crippen LogP contribution < -0.4 is 5.32 Å². The third-order valence-corrected chi connectivity index (χ3v) is 2.72. The molecule has 0 unspecified atom stereocenters. The van der Waals surface area contributed by atoms with Gasteiger partial charge in [-0.3, -0.25) is 9.59 Å². The van der Waals surface area contributed by atoms with E-state index < -0.39 is 0 Å². The molecule has 1 aliphatic rings. The van der Waals surface area contributed by atoms with Gasteiger partial charge in [-0.2, -0.15) is 0 Å². The lowest BCUT2D eigenvalue weighted by atomic mass is 10.3. The smallest absolute Gasteiger partial charge is 0.242 e. The topological polar surface area (TPSA) is 55.9 Å². The predicted octanol–water partition coefficient (Wildman–Crippen LogP) is -1.56. The number of nitrogens with zero attached hydrogens (tertiary/aromatic N) is 3. The zero-order valence-electron chi connectivity index (χ0n) is 10.9.